The van der Waals surface area contributed by atoms with Gasteiger partial charge < -0.3 is 4.98 Å². The SMILES string of the molecule is O=c1c2[nH]c3ccccc3c2nc(SCc2cccc3ccccc23)n1-c1ccccc1F. The highest BCUT2D eigenvalue weighted by atomic mass is 32.2. The number of H-pyrrole nitrogens is 1. The van der Waals surface area contributed by atoms with E-state index in [9.17, 15) is 9.18 Å². The average molecular weight is 452 g/mol. The molecule has 160 valence electrons. The van der Waals surface area contributed by atoms with Crippen LogP contribution in [0.25, 0.3) is 38.4 Å². The molecule has 0 saturated heterocycles. The summed E-state index contributed by atoms with van der Waals surface area (Å²) < 4.78 is 16.2. The van der Waals surface area contributed by atoms with E-state index in [1.807, 2.05) is 42.5 Å². The molecule has 0 saturated carbocycles. The Hall–Kier alpha value is -3.90. The summed E-state index contributed by atoms with van der Waals surface area (Å²) in [6.45, 7) is 0. The average Bonchev–Trinajstić information content (AvgIpc) is 3.23. The number of aromatic nitrogens is 3. The Labute approximate surface area is 192 Å². The summed E-state index contributed by atoms with van der Waals surface area (Å²) in [5.74, 6) is 0.125. The lowest BCUT2D eigenvalue weighted by Gasteiger charge is -2.13. The van der Waals surface area contributed by atoms with Crippen LogP contribution >= 0.6 is 11.8 Å². The predicted molar refractivity (Wildman–Crippen MR) is 133 cm³/mol. The van der Waals surface area contributed by atoms with E-state index in [2.05, 4.69) is 29.2 Å². The predicted octanol–water partition coefficient (Wildman–Crippen LogP) is 6.45. The first-order valence-corrected chi connectivity index (χ1v) is 11.6. The van der Waals surface area contributed by atoms with E-state index in [0.29, 0.717) is 21.9 Å². The van der Waals surface area contributed by atoms with Crippen LogP contribution in [0.3, 0.4) is 0 Å². The topological polar surface area (TPSA) is 50.7 Å². The molecule has 0 bridgehead atoms. The highest BCUT2D eigenvalue weighted by Gasteiger charge is 2.19. The fourth-order valence-electron chi connectivity index (χ4n) is 4.25. The summed E-state index contributed by atoms with van der Waals surface area (Å²) in [5, 5.41) is 3.63. The van der Waals surface area contributed by atoms with Crippen molar-refractivity contribution in [1.29, 1.82) is 0 Å². The van der Waals surface area contributed by atoms with Gasteiger partial charge in [0.15, 0.2) is 5.16 Å². The van der Waals surface area contributed by atoms with Gasteiger partial charge in [0, 0.05) is 16.7 Å². The summed E-state index contributed by atoms with van der Waals surface area (Å²) in [5.41, 5.74) is 2.80. The molecule has 0 aliphatic heterocycles. The zero-order valence-electron chi connectivity index (χ0n) is 17.5. The monoisotopic (exact) mass is 451 g/mol. The van der Waals surface area contributed by atoms with Crippen LogP contribution in [0.1, 0.15) is 5.56 Å². The lowest BCUT2D eigenvalue weighted by atomic mass is 10.1. The summed E-state index contributed by atoms with van der Waals surface area (Å²) in [6.07, 6.45) is 0. The molecule has 6 rings (SSSR count). The summed E-state index contributed by atoms with van der Waals surface area (Å²) in [7, 11) is 0. The standard InChI is InChI=1S/C27H18FN3OS/c28-21-13-4-6-15-23(21)31-26(32)25-24(20-12-3-5-14-22(20)29-25)30-27(31)33-16-18-10-7-9-17-8-1-2-11-19(17)18/h1-15,29H,16H2. The molecule has 6 heteroatoms. The molecule has 0 radical (unpaired) electrons. The van der Waals surface area contributed by atoms with Crippen molar-refractivity contribution in [1.82, 2.24) is 14.5 Å². The van der Waals surface area contributed by atoms with Crippen molar-refractivity contribution in [3.05, 3.63) is 113 Å². The summed E-state index contributed by atoms with van der Waals surface area (Å²) in [6, 6.07) is 28.3. The van der Waals surface area contributed by atoms with Crippen molar-refractivity contribution in [2.24, 2.45) is 0 Å². The molecule has 4 aromatic carbocycles. The van der Waals surface area contributed by atoms with Crippen molar-refractivity contribution >= 4 is 44.5 Å². The van der Waals surface area contributed by atoms with Gasteiger partial charge in [0.2, 0.25) is 0 Å². The van der Waals surface area contributed by atoms with Gasteiger partial charge in [-0.05, 0) is 34.5 Å². The Morgan fingerprint density at radius 2 is 1.58 bits per heavy atom. The number of halogens is 1. The molecule has 1 N–H and O–H groups in total. The first-order valence-electron chi connectivity index (χ1n) is 10.6. The number of fused-ring (bicyclic) bond motifs is 4. The lowest BCUT2D eigenvalue weighted by molar-refractivity contribution is 0.608. The Kier molecular flexibility index (Phi) is 4.73. The third-order valence-electron chi connectivity index (χ3n) is 5.82. The molecule has 2 heterocycles. The van der Waals surface area contributed by atoms with Crippen LogP contribution in [0.4, 0.5) is 4.39 Å². The first-order chi connectivity index (χ1) is 16.2. The van der Waals surface area contributed by atoms with Crippen molar-refractivity contribution in [2.45, 2.75) is 10.9 Å². The van der Waals surface area contributed by atoms with Crippen LogP contribution in [0.2, 0.25) is 0 Å². The zero-order chi connectivity index (χ0) is 22.4. The molecule has 0 atom stereocenters. The first kappa shape index (κ1) is 19.8. The van der Waals surface area contributed by atoms with E-state index in [4.69, 9.17) is 4.98 Å². The van der Waals surface area contributed by atoms with Gasteiger partial charge in [0.05, 0.1) is 5.69 Å². The molecule has 0 fully saturated rings. The molecule has 0 aliphatic carbocycles. The van der Waals surface area contributed by atoms with E-state index in [-0.39, 0.29) is 11.2 Å². The number of nitrogens with zero attached hydrogens (tertiary/aromatic N) is 2. The van der Waals surface area contributed by atoms with Gasteiger partial charge in [-0.25, -0.2) is 9.37 Å². The maximum atomic E-state index is 14.8. The van der Waals surface area contributed by atoms with Crippen LogP contribution in [-0.2, 0) is 5.75 Å². The second-order valence-corrected chi connectivity index (χ2v) is 8.75. The fraction of sp³-hybridized carbons (Fsp3) is 0.0370. The normalized spacial score (nSPS) is 11.5. The van der Waals surface area contributed by atoms with Gasteiger partial charge in [0.1, 0.15) is 16.9 Å². The third kappa shape index (κ3) is 3.31. The molecule has 2 aromatic heterocycles. The van der Waals surface area contributed by atoms with Crippen LogP contribution in [0.15, 0.2) is 101 Å². The molecule has 0 aliphatic rings. The van der Waals surface area contributed by atoms with Gasteiger partial charge in [-0.2, -0.15) is 0 Å². The summed E-state index contributed by atoms with van der Waals surface area (Å²) >= 11 is 1.43. The Bertz CT molecular complexity index is 1720. The molecular formula is C27H18FN3OS. The lowest BCUT2D eigenvalue weighted by Crippen LogP contribution is -2.22. The van der Waals surface area contributed by atoms with E-state index >= 15 is 0 Å². The van der Waals surface area contributed by atoms with Gasteiger partial charge >= 0.3 is 0 Å². The van der Waals surface area contributed by atoms with Gasteiger partial charge in [-0.3, -0.25) is 9.36 Å². The van der Waals surface area contributed by atoms with E-state index in [0.717, 1.165) is 27.2 Å². The minimum atomic E-state index is -0.469. The largest absolute Gasteiger partial charge is 0.349 e. The van der Waals surface area contributed by atoms with Crippen LogP contribution in [-0.4, -0.2) is 14.5 Å². The van der Waals surface area contributed by atoms with Crippen molar-refractivity contribution in [3.63, 3.8) is 0 Å². The number of hydrogen-bond donors (Lipinski definition) is 1. The molecule has 0 spiro atoms. The molecule has 33 heavy (non-hydrogen) atoms. The molecule has 0 amide bonds. The highest BCUT2D eigenvalue weighted by Crippen LogP contribution is 2.30. The minimum Gasteiger partial charge on any atom is -0.349 e. The molecule has 4 nitrogen and oxygen atoms in total. The number of rotatable bonds is 4. The number of aromatic amines is 1. The molecule has 6 aromatic rings. The van der Waals surface area contributed by atoms with Crippen LogP contribution < -0.4 is 5.56 Å². The van der Waals surface area contributed by atoms with E-state index in [1.165, 1.54) is 22.4 Å². The van der Waals surface area contributed by atoms with Crippen LogP contribution in [0.5, 0.6) is 0 Å². The van der Waals surface area contributed by atoms with Gasteiger partial charge in [-0.15, -0.1) is 0 Å². The maximum absolute atomic E-state index is 14.8. The van der Waals surface area contributed by atoms with E-state index < -0.39 is 5.82 Å². The van der Waals surface area contributed by atoms with Crippen LogP contribution in [0, 0.1) is 5.82 Å². The Balaban J connectivity index is 1.56. The van der Waals surface area contributed by atoms with Crippen molar-refractivity contribution in [2.75, 3.05) is 0 Å². The number of nitrogens with one attached hydrogen (secondary N) is 1. The second kappa shape index (κ2) is 7.90. The Morgan fingerprint density at radius 1 is 0.848 bits per heavy atom. The molecule has 0 unspecified atom stereocenters. The Morgan fingerprint density at radius 3 is 2.45 bits per heavy atom. The number of para-hydroxylation sites is 2. The number of hydrogen-bond acceptors (Lipinski definition) is 3. The minimum absolute atomic E-state index is 0.191. The quantitative estimate of drug-likeness (QED) is 0.247. The van der Waals surface area contributed by atoms with Gasteiger partial charge in [-0.1, -0.05) is 84.6 Å². The third-order valence-corrected chi connectivity index (χ3v) is 6.81. The summed E-state index contributed by atoms with van der Waals surface area (Å²) in [4.78, 5) is 21.6. The molecular weight excluding hydrogens is 433 g/mol. The number of thioether (sulfide) groups is 1. The smallest absolute Gasteiger partial charge is 0.283 e. The van der Waals surface area contributed by atoms with Crippen molar-refractivity contribution in [3.8, 4) is 5.69 Å². The maximum Gasteiger partial charge on any atom is 0.283 e. The van der Waals surface area contributed by atoms with E-state index in [1.54, 1.807) is 18.2 Å². The van der Waals surface area contributed by atoms with Gasteiger partial charge in [0.25, 0.3) is 5.56 Å². The second-order valence-electron chi connectivity index (χ2n) is 7.81. The highest BCUT2D eigenvalue weighted by molar-refractivity contribution is 7.98. The fourth-order valence-corrected chi connectivity index (χ4v) is 5.25. The van der Waals surface area contributed by atoms with Crippen molar-refractivity contribution < 1.29 is 4.39 Å². The number of benzene rings is 4. The zero-order valence-corrected chi connectivity index (χ0v) is 18.3.